The van der Waals surface area contributed by atoms with Gasteiger partial charge in [0.1, 0.15) is 0 Å². The zero-order valence-electron chi connectivity index (χ0n) is 25.6. The summed E-state index contributed by atoms with van der Waals surface area (Å²) >= 11 is 0. The molecule has 1 fully saturated rings. The van der Waals surface area contributed by atoms with E-state index in [0.29, 0.717) is 0 Å². The summed E-state index contributed by atoms with van der Waals surface area (Å²) in [5, 5.41) is 0. The lowest BCUT2D eigenvalue weighted by molar-refractivity contribution is 0.225. The maximum Gasteiger partial charge on any atom is -0.00377 e. The molecule has 1 aliphatic carbocycles. The Morgan fingerprint density at radius 2 is 1.37 bits per heavy atom. The van der Waals surface area contributed by atoms with Crippen LogP contribution in [0.15, 0.2) is 67.2 Å². The van der Waals surface area contributed by atoms with Crippen LogP contribution in [0.2, 0.25) is 0 Å². The Kier molecular flexibility index (Phi) is 7.61. The minimum absolute atomic E-state index is 0.0771. The average molecular weight is 507 g/mol. The van der Waals surface area contributed by atoms with Crippen molar-refractivity contribution in [3.8, 4) is 11.1 Å². The normalized spacial score (nSPS) is 15.7. The van der Waals surface area contributed by atoms with Crippen LogP contribution >= 0.6 is 0 Å². The number of rotatable bonds is 6. The predicted octanol–water partition coefficient (Wildman–Crippen LogP) is 10.9. The molecule has 3 aromatic rings. The standard InChI is InChI=1S/C38H50/c1-11-31-33(37(8,9)10)25-30(36(5,6)7)26-34(31)38(21-15-22-38)23-20-28-18-19-29(35(2,3)4)24-32(28)27-16-13-12-14-17-27/h11-14,16-19,24-26H,1,15,20-23H2,2-10H3. The van der Waals surface area contributed by atoms with Crippen molar-refractivity contribution < 1.29 is 0 Å². The maximum atomic E-state index is 4.33. The molecule has 0 N–H and O–H groups in total. The fourth-order valence-corrected chi connectivity index (χ4v) is 6.14. The van der Waals surface area contributed by atoms with Gasteiger partial charge in [0.05, 0.1) is 0 Å². The molecule has 0 radical (unpaired) electrons. The van der Waals surface area contributed by atoms with E-state index in [9.17, 15) is 0 Å². The van der Waals surface area contributed by atoms with Crippen LogP contribution in [0.25, 0.3) is 17.2 Å². The van der Waals surface area contributed by atoms with E-state index in [1.54, 1.807) is 5.56 Å². The molecule has 0 atom stereocenters. The summed E-state index contributed by atoms with van der Waals surface area (Å²) in [6.45, 7) is 25.4. The fraction of sp³-hybridized carbons (Fsp3) is 0.474. The van der Waals surface area contributed by atoms with Crippen LogP contribution in [-0.2, 0) is 28.1 Å². The van der Waals surface area contributed by atoms with Crippen molar-refractivity contribution in [2.45, 2.75) is 116 Å². The Bertz CT molecular complexity index is 1280. The van der Waals surface area contributed by atoms with E-state index in [1.807, 2.05) is 0 Å². The lowest BCUT2D eigenvalue weighted by Crippen LogP contribution is -2.37. The third-order valence-electron chi connectivity index (χ3n) is 8.87. The largest absolute Gasteiger partial charge is 0.0984 e. The second kappa shape index (κ2) is 10.2. The van der Waals surface area contributed by atoms with Gasteiger partial charge in [-0.2, -0.15) is 0 Å². The number of benzene rings is 3. The van der Waals surface area contributed by atoms with Crippen LogP contribution in [0.4, 0.5) is 0 Å². The Balaban J connectivity index is 1.80. The molecule has 0 amide bonds. The molecule has 4 rings (SSSR count). The second-order valence-corrected chi connectivity index (χ2v) is 14.8. The van der Waals surface area contributed by atoms with Gasteiger partial charge in [-0.05, 0) is 91.9 Å². The van der Waals surface area contributed by atoms with Gasteiger partial charge in [0, 0.05) is 0 Å². The first kappa shape index (κ1) is 28.4. The van der Waals surface area contributed by atoms with Crippen molar-refractivity contribution in [3.63, 3.8) is 0 Å². The van der Waals surface area contributed by atoms with E-state index < -0.39 is 0 Å². The van der Waals surface area contributed by atoms with Gasteiger partial charge in [-0.25, -0.2) is 0 Å². The molecule has 0 saturated heterocycles. The van der Waals surface area contributed by atoms with E-state index >= 15 is 0 Å². The lowest BCUT2D eigenvalue weighted by Gasteiger charge is -2.45. The molecule has 0 unspecified atom stereocenters. The highest BCUT2D eigenvalue weighted by molar-refractivity contribution is 5.69. The Hall–Kier alpha value is -2.60. The summed E-state index contributed by atoms with van der Waals surface area (Å²) < 4.78 is 0. The van der Waals surface area contributed by atoms with Crippen LogP contribution in [0.1, 0.15) is 121 Å². The Morgan fingerprint density at radius 1 is 0.737 bits per heavy atom. The molecule has 0 bridgehead atoms. The molecule has 1 saturated carbocycles. The minimum Gasteiger partial charge on any atom is -0.0984 e. The van der Waals surface area contributed by atoms with Gasteiger partial charge in [0.2, 0.25) is 0 Å². The molecule has 0 heterocycles. The van der Waals surface area contributed by atoms with Gasteiger partial charge in [-0.3, -0.25) is 0 Å². The van der Waals surface area contributed by atoms with Gasteiger partial charge >= 0.3 is 0 Å². The second-order valence-electron chi connectivity index (χ2n) is 14.8. The monoisotopic (exact) mass is 506 g/mol. The van der Waals surface area contributed by atoms with Crippen LogP contribution in [0, 0.1) is 0 Å². The van der Waals surface area contributed by atoms with Gasteiger partial charge in [0.15, 0.2) is 0 Å². The Labute approximate surface area is 233 Å². The lowest BCUT2D eigenvalue weighted by atomic mass is 9.59. The van der Waals surface area contributed by atoms with E-state index in [0.717, 1.165) is 6.42 Å². The first-order valence-corrected chi connectivity index (χ1v) is 14.7. The van der Waals surface area contributed by atoms with Gasteiger partial charge in [-0.1, -0.05) is 142 Å². The number of hydrogen-bond acceptors (Lipinski definition) is 0. The quantitative estimate of drug-likeness (QED) is 0.312. The summed E-state index contributed by atoms with van der Waals surface area (Å²) in [5.41, 5.74) is 12.0. The molecule has 1 aliphatic rings. The van der Waals surface area contributed by atoms with Crippen molar-refractivity contribution >= 4 is 6.08 Å². The van der Waals surface area contributed by atoms with Crippen molar-refractivity contribution in [2.24, 2.45) is 0 Å². The highest BCUT2D eigenvalue weighted by Crippen LogP contribution is 2.51. The molecular formula is C38H50. The van der Waals surface area contributed by atoms with E-state index in [-0.39, 0.29) is 21.7 Å². The highest BCUT2D eigenvalue weighted by Gasteiger charge is 2.41. The average Bonchev–Trinajstić information content (AvgIpc) is 2.81. The number of hydrogen-bond donors (Lipinski definition) is 0. The summed E-state index contributed by atoms with van der Waals surface area (Å²) in [7, 11) is 0. The molecule has 0 aromatic heterocycles. The van der Waals surface area contributed by atoms with E-state index in [4.69, 9.17) is 0 Å². The molecule has 0 aliphatic heterocycles. The third-order valence-corrected chi connectivity index (χ3v) is 8.87. The topological polar surface area (TPSA) is 0 Å². The summed E-state index contributed by atoms with van der Waals surface area (Å²) in [4.78, 5) is 0. The van der Waals surface area contributed by atoms with Crippen molar-refractivity contribution in [1.29, 1.82) is 0 Å². The molecule has 202 valence electrons. The van der Waals surface area contributed by atoms with Gasteiger partial charge in [0.25, 0.3) is 0 Å². The SMILES string of the molecule is C=Cc1c(C(C)(C)C)cc(C(C)(C)C)cc1C1(CCc2ccc(C(C)(C)C)cc2-c2ccccc2)CCC1. The highest BCUT2D eigenvalue weighted by atomic mass is 14.5. The fourth-order valence-electron chi connectivity index (χ4n) is 6.14. The first-order chi connectivity index (χ1) is 17.7. The van der Waals surface area contributed by atoms with Crippen LogP contribution in [0.5, 0.6) is 0 Å². The predicted molar refractivity (Wildman–Crippen MR) is 168 cm³/mol. The van der Waals surface area contributed by atoms with E-state index in [2.05, 4.69) is 136 Å². The minimum atomic E-state index is 0.0771. The van der Waals surface area contributed by atoms with E-state index in [1.165, 1.54) is 64.6 Å². The van der Waals surface area contributed by atoms with Gasteiger partial charge < -0.3 is 0 Å². The third kappa shape index (κ3) is 5.70. The zero-order valence-corrected chi connectivity index (χ0v) is 25.6. The number of aryl methyl sites for hydroxylation is 1. The van der Waals surface area contributed by atoms with Crippen LogP contribution < -0.4 is 0 Å². The smallest absolute Gasteiger partial charge is 0.00377 e. The van der Waals surface area contributed by atoms with Crippen molar-refractivity contribution in [3.05, 3.63) is 101 Å². The van der Waals surface area contributed by atoms with Crippen LogP contribution in [-0.4, -0.2) is 0 Å². The molecule has 0 heteroatoms. The summed E-state index contributed by atoms with van der Waals surface area (Å²) in [6.07, 6.45) is 8.28. The molecule has 38 heavy (non-hydrogen) atoms. The van der Waals surface area contributed by atoms with Gasteiger partial charge in [-0.15, -0.1) is 0 Å². The zero-order chi connectivity index (χ0) is 27.9. The summed E-state index contributed by atoms with van der Waals surface area (Å²) in [5.74, 6) is 0. The maximum absolute atomic E-state index is 4.33. The van der Waals surface area contributed by atoms with Crippen LogP contribution in [0.3, 0.4) is 0 Å². The first-order valence-electron chi connectivity index (χ1n) is 14.7. The van der Waals surface area contributed by atoms with Crippen molar-refractivity contribution in [1.82, 2.24) is 0 Å². The molecule has 0 spiro atoms. The summed E-state index contributed by atoms with van der Waals surface area (Å²) in [6, 6.07) is 23.2. The molecule has 0 nitrogen and oxygen atoms in total. The van der Waals surface area contributed by atoms with Crippen molar-refractivity contribution in [2.75, 3.05) is 0 Å². The molecule has 3 aromatic carbocycles. The molecular weight excluding hydrogens is 456 g/mol. The Morgan fingerprint density at radius 3 is 1.87 bits per heavy atom.